The van der Waals surface area contributed by atoms with E-state index in [0.29, 0.717) is 0 Å². The maximum absolute atomic E-state index is 12.8. The number of nitrogens with zero attached hydrogens (tertiary/aromatic N) is 1. The van der Waals surface area contributed by atoms with Crippen molar-refractivity contribution in [1.82, 2.24) is 10.2 Å². The molecule has 0 aliphatic heterocycles. The lowest BCUT2D eigenvalue weighted by atomic mass is 10.0. The Morgan fingerprint density at radius 1 is 1.29 bits per heavy atom. The fourth-order valence-corrected chi connectivity index (χ4v) is 1.78. The molecule has 3 nitrogen and oxygen atoms in total. The Morgan fingerprint density at radius 2 is 2.00 bits per heavy atom. The molecular formula is C10H7ClF3N3. The van der Waals surface area contributed by atoms with Gasteiger partial charge in [-0.15, -0.1) is 0 Å². The number of nitrogens with two attached hydrogens (primary N) is 1. The molecule has 0 bridgehead atoms. The number of rotatable bonds is 1. The predicted octanol–water partition coefficient (Wildman–Crippen LogP) is 3.33. The highest BCUT2D eigenvalue weighted by molar-refractivity contribution is 6.33. The molecule has 2 aromatic rings. The van der Waals surface area contributed by atoms with E-state index in [1.807, 2.05) is 0 Å². The van der Waals surface area contributed by atoms with E-state index in [1.54, 1.807) is 0 Å². The summed E-state index contributed by atoms with van der Waals surface area (Å²) in [6, 6.07) is 4.88. The van der Waals surface area contributed by atoms with Crippen molar-refractivity contribution < 1.29 is 13.2 Å². The van der Waals surface area contributed by atoms with Gasteiger partial charge in [-0.25, -0.2) is 0 Å². The second kappa shape index (κ2) is 3.96. The normalized spacial score (nSPS) is 11.8. The molecule has 2 rings (SSSR count). The van der Waals surface area contributed by atoms with E-state index in [4.69, 9.17) is 17.3 Å². The summed E-state index contributed by atoms with van der Waals surface area (Å²) >= 11 is 5.79. The third kappa shape index (κ3) is 2.21. The Hall–Kier alpha value is -1.69. The number of aromatic amines is 1. The molecule has 0 atom stereocenters. The summed E-state index contributed by atoms with van der Waals surface area (Å²) in [4.78, 5) is 0. The van der Waals surface area contributed by atoms with Crippen molar-refractivity contribution in [3.05, 3.63) is 34.9 Å². The Balaban J connectivity index is 2.67. The van der Waals surface area contributed by atoms with Crippen molar-refractivity contribution in [2.45, 2.75) is 6.18 Å². The molecule has 0 spiro atoms. The Morgan fingerprint density at radius 3 is 2.53 bits per heavy atom. The molecule has 0 radical (unpaired) electrons. The molecule has 0 saturated carbocycles. The van der Waals surface area contributed by atoms with Crippen molar-refractivity contribution in [3.63, 3.8) is 0 Å². The Bertz CT molecular complexity index is 548. The summed E-state index contributed by atoms with van der Waals surface area (Å²) in [5.41, 5.74) is 4.53. The van der Waals surface area contributed by atoms with Crippen molar-refractivity contribution in [1.29, 1.82) is 0 Å². The summed E-state index contributed by atoms with van der Waals surface area (Å²) < 4.78 is 38.4. The number of hydrogen-bond acceptors (Lipinski definition) is 2. The van der Waals surface area contributed by atoms with Crippen LogP contribution < -0.4 is 5.73 Å². The number of halogens is 4. The van der Waals surface area contributed by atoms with Crippen LogP contribution in [0.4, 0.5) is 19.0 Å². The maximum Gasteiger partial charge on any atom is 0.417 e. The quantitative estimate of drug-likeness (QED) is 0.827. The number of benzene rings is 1. The van der Waals surface area contributed by atoms with Crippen LogP contribution in [0, 0.1) is 0 Å². The van der Waals surface area contributed by atoms with Gasteiger partial charge in [0.25, 0.3) is 0 Å². The second-order valence-electron chi connectivity index (χ2n) is 3.37. The third-order valence-corrected chi connectivity index (χ3v) is 2.50. The third-order valence-electron chi connectivity index (χ3n) is 2.19. The van der Waals surface area contributed by atoms with E-state index in [9.17, 15) is 13.2 Å². The first kappa shape index (κ1) is 11.8. The van der Waals surface area contributed by atoms with Crippen LogP contribution in [0.15, 0.2) is 24.3 Å². The first-order valence-corrected chi connectivity index (χ1v) is 4.94. The molecule has 0 saturated heterocycles. The van der Waals surface area contributed by atoms with Gasteiger partial charge in [-0.05, 0) is 12.1 Å². The van der Waals surface area contributed by atoms with Crippen molar-refractivity contribution in [3.8, 4) is 11.3 Å². The highest BCUT2D eigenvalue weighted by atomic mass is 35.5. The molecule has 0 aliphatic rings. The standard InChI is InChI=1S/C10H7ClF3N3/c11-6-3-1-2-5(10(12,13)14)9(6)7-4-8(15)17-16-7/h1-4H,(H3,15,16,17). The molecule has 0 aliphatic carbocycles. The van der Waals surface area contributed by atoms with E-state index in [-0.39, 0.29) is 22.1 Å². The molecule has 0 fully saturated rings. The van der Waals surface area contributed by atoms with Crippen LogP contribution in [0.1, 0.15) is 5.56 Å². The first-order chi connectivity index (χ1) is 7.89. The van der Waals surface area contributed by atoms with E-state index < -0.39 is 11.7 Å². The van der Waals surface area contributed by atoms with Gasteiger partial charge in [-0.2, -0.15) is 18.3 Å². The Labute approximate surface area is 99.4 Å². The molecule has 0 unspecified atom stereocenters. The lowest BCUT2D eigenvalue weighted by Crippen LogP contribution is -2.07. The van der Waals surface area contributed by atoms with Gasteiger partial charge in [-0.3, -0.25) is 5.10 Å². The minimum Gasteiger partial charge on any atom is -0.382 e. The molecule has 0 amide bonds. The number of hydrogen-bond donors (Lipinski definition) is 2. The van der Waals surface area contributed by atoms with Gasteiger partial charge in [-0.1, -0.05) is 17.7 Å². The molecule has 1 heterocycles. The molecule has 7 heteroatoms. The van der Waals surface area contributed by atoms with E-state index in [0.717, 1.165) is 6.07 Å². The van der Waals surface area contributed by atoms with Gasteiger partial charge in [0.2, 0.25) is 0 Å². The maximum atomic E-state index is 12.8. The number of aromatic nitrogens is 2. The summed E-state index contributed by atoms with van der Waals surface area (Å²) in [6.07, 6.45) is -4.49. The summed E-state index contributed by atoms with van der Waals surface area (Å²) in [5.74, 6) is 0.105. The number of anilines is 1. The van der Waals surface area contributed by atoms with Crippen molar-refractivity contribution in [2.75, 3.05) is 5.73 Å². The smallest absolute Gasteiger partial charge is 0.382 e. The largest absolute Gasteiger partial charge is 0.417 e. The van der Waals surface area contributed by atoms with Crippen LogP contribution in [-0.2, 0) is 6.18 Å². The molecule has 17 heavy (non-hydrogen) atoms. The molecule has 3 N–H and O–H groups in total. The number of nitrogen functional groups attached to an aromatic ring is 1. The molecule has 1 aromatic heterocycles. The fraction of sp³-hybridized carbons (Fsp3) is 0.100. The lowest BCUT2D eigenvalue weighted by molar-refractivity contribution is -0.137. The number of nitrogens with one attached hydrogen (secondary N) is 1. The van der Waals surface area contributed by atoms with Gasteiger partial charge in [0.05, 0.1) is 16.3 Å². The predicted molar refractivity (Wildman–Crippen MR) is 58.4 cm³/mol. The van der Waals surface area contributed by atoms with E-state index >= 15 is 0 Å². The van der Waals surface area contributed by atoms with Gasteiger partial charge < -0.3 is 5.73 Å². The fourth-order valence-electron chi connectivity index (χ4n) is 1.50. The van der Waals surface area contributed by atoms with Crippen LogP contribution in [0.3, 0.4) is 0 Å². The zero-order valence-electron chi connectivity index (χ0n) is 8.35. The van der Waals surface area contributed by atoms with Crippen LogP contribution in [0.5, 0.6) is 0 Å². The highest BCUT2D eigenvalue weighted by Gasteiger charge is 2.34. The van der Waals surface area contributed by atoms with Crippen LogP contribution in [-0.4, -0.2) is 10.2 Å². The van der Waals surface area contributed by atoms with Gasteiger partial charge in [0.15, 0.2) is 0 Å². The van der Waals surface area contributed by atoms with E-state index in [2.05, 4.69) is 10.2 Å². The molecule has 90 valence electrons. The SMILES string of the molecule is Nc1cc(-c2c(Cl)cccc2C(F)(F)F)[nH]n1. The van der Waals surface area contributed by atoms with Gasteiger partial charge >= 0.3 is 6.18 Å². The van der Waals surface area contributed by atoms with Crippen molar-refractivity contribution >= 4 is 17.4 Å². The van der Waals surface area contributed by atoms with Crippen LogP contribution >= 0.6 is 11.6 Å². The average molecular weight is 262 g/mol. The monoisotopic (exact) mass is 261 g/mol. The summed E-state index contributed by atoms with van der Waals surface area (Å²) in [7, 11) is 0. The van der Waals surface area contributed by atoms with Gasteiger partial charge in [0.1, 0.15) is 5.82 Å². The van der Waals surface area contributed by atoms with Crippen LogP contribution in [0.25, 0.3) is 11.3 Å². The minimum absolute atomic E-state index is 0.0107. The van der Waals surface area contributed by atoms with Gasteiger partial charge in [0, 0.05) is 11.6 Å². The Kier molecular flexibility index (Phi) is 2.74. The zero-order valence-corrected chi connectivity index (χ0v) is 9.10. The second-order valence-corrected chi connectivity index (χ2v) is 3.77. The summed E-state index contributed by atoms with van der Waals surface area (Å²) in [6.45, 7) is 0. The minimum atomic E-state index is -4.49. The number of alkyl halides is 3. The van der Waals surface area contributed by atoms with Crippen LogP contribution in [0.2, 0.25) is 5.02 Å². The molecular weight excluding hydrogens is 255 g/mol. The number of H-pyrrole nitrogens is 1. The van der Waals surface area contributed by atoms with Crippen molar-refractivity contribution in [2.24, 2.45) is 0 Å². The molecule has 1 aromatic carbocycles. The lowest BCUT2D eigenvalue weighted by Gasteiger charge is -2.12. The zero-order chi connectivity index (χ0) is 12.6. The topological polar surface area (TPSA) is 54.7 Å². The first-order valence-electron chi connectivity index (χ1n) is 4.56. The average Bonchev–Trinajstić information content (AvgIpc) is 2.63. The summed E-state index contributed by atoms with van der Waals surface area (Å²) in [5, 5.41) is 5.99. The highest BCUT2D eigenvalue weighted by Crippen LogP contribution is 2.40. The van der Waals surface area contributed by atoms with E-state index in [1.165, 1.54) is 18.2 Å².